The fraction of sp³-hybridized carbons (Fsp3) is 0.512. The van der Waals surface area contributed by atoms with Gasteiger partial charge in [0.1, 0.15) is 6.07 Å². The van der Waals surface area contributed by atoms with Crippen molar-refractivity contribution in [1.82, 2.24) is 28.9 Å². The highest BCUT2D eigenvalue weighted by atomic mass is 35.5. The van der Waals surface area contributed by atoms with Gasteiger partial charge in [-0.25, -0.2) is 9.97 Å². The van der Waals surface area contributed by atoms with Gasteiger partial charge < -0.3 is 24.5 Å². The molecule has 2 saturated carbocycles. The van der Waals surface area contributed by atoms with E-state index < -0.39 is 0 Å². The maximum absolute atomic E-state index is 13.8. The number of nitrogens with one attached hydrogen (secondary N) is 2. The summed E-state index contributed by atoms with van der Waals surface area (Å²) in [5.74, 6) is 0.880. The van der Waals surface area contributed by atoms with Gasteiger partial charge in [0.25, 0.3) is 11.8 Å². The lowest BCUT2D eigenvalue weighted by molar-refractivity contribution is 0.0283. The van der Waals surface area contributed by atoms with E-state index in [0.29, 0.717) is 52.2 Å². The Morgan fingerprint density at radius 1 is 0.875 bits per heavy atom. The van der Waals surface area contributed by atoms with Gasteiger partial charge in [-0.15, -0.1) is 0 Å². The van der Waals surface area contributed by atoms with E-state index in [2.05, 4.69) is 26.5 Å². The summed E-state index contributed by atoms with van der Waals surface area (Å²) in [6.45, 7) is 5.99. The smallest absolute Gasteiger partial charge is 0.291 e. The van der Waals surface area contributed by atoms with Crippen LogP contribution < -0.4 is 10.6 Å². The van der Waals surface area contributed by atoms with Crippen LogP contribution in [0.2, 0.25) is 5.02 Å². The van der Waals surface area contributed by atoms with Crippen LogP contribution in [0.1, 0.15) is 101 Å². The van der Waals surface area contributed by atoms with Crippen LogP contribution in [-0.4, -0.2) is 79.6 Å². The number of amides is 2. The Kier molecular flexibility index (Phi) is 9.98. The molecule has 56 heavy (non-hydrogen) atoms. The lowest BCUT2D eigenvalue weighted by Gasteiger charge is -2.36. The van der Waals surface area contributed by atoms with Crippen molar-refractivity contribution >= 4 is 34.8 Å². The van der Waals surface area contributed by atoms with Gasteiger partial charge >= 0.3 is 0 Å². The standard InChI is InChI=1S/C43H50ClN9O3/c1-50-36-11-18-52(20-17-43-15-9-27(23-43)10-16-43)25-34(36)46-40(50)42(55)49-33-8-4-6-30(38(33)44)29-5-3-7-32(31(29)24-45)48-41(54)39-47-35-26-53(19-12-37(35)51(39)2)28-13-21-56-22-14-28/h3-8,27-28H,9-23,25-26H2,1-2H3,(H,48,54)(H,49,55). The van der Waals surface area contributed by atoms with Gasteiger partial charge in [0, 0.05) is 94.9 Å². The summed E-state index contributed by atoms with van der Waals surface area (Å²) < 4.78 is 9.35. The molecule has 4 aromatic rings. The third-order valence-corrected chi connectivity index (χ3v) is 13.9. The first-order valence-corrected chi connectivity index (χ1v) is 20.7. The Bertz CT molecular complexity index is 2220. The average molecular weight is 776 g/mol. The molecule has 2 bridgehead atoms. The highest BCUT2D eigenvalue weighted by molar-refractivity contribution is 6.36. The molecule has 0 atom stereocenters. The maximum Gasteiger partial charge on any atom is 0.291 e. The molecule has 1 saturated heterocycles. The van der Waals surface area contributed by atoms with Crippen molar-refractivity contribution in [3.05, 3.63) is 81.4 Å². The summed E-state index contributed by atoms with van der Waals surface area (Å²) in [5, 5.41) is 16.7. The first-order valence-electron chi connectivity index (χ1n) is 20.3. The van der Waals surface area contributed by atoms with Gasteiger partial charge in [0.15, 0.2) is 11.6 Å². The number of aromatic nitrogens is 4. The Hall–Kier alpha value is -4.54. The van der Waals surface area contributed by atoms with Gasteiger partial charge in [0.05, 0.1) is 33.3 Å². The summed E-state index contributed by atoms with van der Waals surface area (Å²) in [4.78, 5) is 42.1. The van der Waals surface area contributed by atoms with Crippen molar-refractivity contribution in [1.29, 1.82) is 5.26 Å². The number of carbonyl (C=O) groups is 2. The maximum atomic E-state index is 13.8. The number of benzene rings is 2. The molecule has 292 valence electrons. The molecule has 3 aliphatic heterocycles. The molecule has 9 rings (SSSR count). The molecule has 2 N–H and O–H groups in total. The van der Waals surface area contributed by atoms with Crippen LogP contribution in [0.4, 0.5) is 11.4 Å². The molecule has 0 unspecified atom stereocenters. The van der Waals surface area contributed by atoms with Crippen LogP contribution in [0, 0.1) is 22.7 Å². The second kappa shape index (κ2) is 15.1. The molecule has 0 radical (unpaired) electrons. The molecule has 12 nitrogen and oxygen atoms in total. The molecule has 5 aliphatic rings. The number of fused-ring (bicyclic) bond motifs is 4. The van der Waals surface area contributed by atoms with Crippen LogP contribution in [0.3, 0.4) is 0 Å². The van der Waals surface area contributed by atoms with Crippen LogP contribution in [0.5, 0.6) is 0 Å². The normalized spacial score (nSPS) is 22.4. The Balaban J connectivity index is 0.893. The van der Waals surface area contributed by atoms with Gasteiger partial charge in [-0.1, -0.05) is 35.9 Å². The molecule has 13 heteroatoms. The minimum absolute atomic E-state index is 0.262. The second-order valence-electron chi connectivity index (χ2n) is 16.7. The van der Waals surface area contributed by atoms with Crippen molar-refractivity contribution < 1.29 is 14.3 Å². The SMILES string of the molecule is Cn1c(C(=O)Nc2cccc(-c3cccc(NC(=O)c4nc5c(n4C)CCN(C4CCOCC4)C5)c3C#N)c2Cl)nc2c1CCN(CCC13CCC(CC1)C3)C2. The first kappa shape index (κ1) is 37.1. The third kappa shape index (κ3) is 6.82. The van der Waals surface area contributed by atoms with Crippen LogP contribution in [-0.2, 0) is 44.8 Å². The minimum atomic E-state index is -0.387. The number of anilines is 2. The van der Waals surface area contributed by atoms with E-state index in [1.165, 1.54) is 38.5 Å². The van der Waals surface area contributed by atoms with Crippen LogP contribution >= 0.6 is 11.6 Å². The van der Waals surface area contributed by atoms with E-state index in [1.807, 2.05) is 29.3 Å². The number of rotatable bonds is 9. The van der Waals surface area contributed by atoms with E-state index >= 15 is 0 Å². The third-order valence-electron chi connectivity index (χ3n) is 13.5. The summed E-state index contributed by atoms with van der Waals surface area (Å²) in [7, 11) is 3.78. The Morgan fingerprint density at radius 3 is 2.16 bits per heavy atom. The highest BCUT2D eigenvalue weighted by Gasteiger charge is 2.44. The molecule has 2 aromatic heterocycles. The minimum Gasteiger partial charge on any atom is -0.381 e. The van der Waals surface area contributed by atoms with Crippen molar-refractivity contribution in [3.8, 4) is 17.2 Å². The number of hydrogen-bond donors (Lipinski definition) is 2. The Labute approximate surface area is 333 Å². The predicted octanol–water partition coefficient (Wildman–Crippen LogP) is 6.72. The zero-order chi connectivity index (χ0) is 38.6. The number of halogens is 1. The molecule has 3 fully saturated rings. The highest BCUT2D eigenvalue weighted by Crippen LogP contribution is 2.56. The van der Waals surface area contributed by atoms with Crippen LogP contribution in [0.25, 0.3) is 11.1 Å². The molecular formula is C43H50ClN9O3. The van der Waals surface area contributed by atoms with Gasteiger partial charge in [0.2, 0.25) is 0 Å². The van der Waals surface area contributed by atoms with Crippen molar-refractivity contribution in [3.63, 3.8) is 0 Å². The molecule has 2 aliphatic carbocycles. The second-order valence-corrected chi connectivity index (χ2v) is 17.1. The number of hydrogen-bond acceptors (Lipinski definition) is 8. The van der Waals surface area contributed by atoms with Crippen LogP contribution in [0.15, 0.2) is 36.4 Å². The van der Waals surface area contributed by atoms with E-state index in [1.54, 1.807) is 30.3 Å². The number of carbonyl (C=O) groups excluding carboxylic acids is 2. The summed E-state index contributed by atoms with van der Waals surface area (Å²) >= 11 is 7.01. The number of nitriles is 1. The van der Waals surface area contributed by atoms with Gasteiger partial charge in [-0.3, -0.25) is 19.4 Å². The molecule has 5 heterocycles. The van der Waals surface area contributed by atoms with Crippen molar-refractivity contribution in [2.75, 3.05) is 43.5 Å². The Morgan fingerprint density at radius 2 is 1.50 bits per heavy atom. The lowest BCUT2D eigenvalue weighted by Crippen LogP contribution is -2.42. The number of imidazole rings is 2. The monoisotopic (exact) mass is 775 g/mol. The van der Waals surface area contributed by atoms with E-state index in [0.717, 1.165) is 93.8 Å². The molecule has 2 amide bonds. The molecular weight excluding hydrogens is 726 g/mol. The quantitative estimate of drug-likeness (QED) is 0.192. The average Bonchev–Trinajstić information content (AvgIpc) is 4.00. The van der Waals surface area contributed by atoms with E-state index in [-0.39, 0.29) is 22.4 Å². The van der Waals surface area contributed by atoms with Crippen molar-refractivity contribution in [2.45, 2.75) is 83.3 Å². The fourth-order valence-corrected chi connectivity index (χ4v) is 10.6. The zero-order valence-corrected chi connectivity index (χ0v) is 33.1. The van der Waals surface area contributed by atoms with Crippen molar-refractivity contribution in [2.24, 2.45) is 25.4 Å². The van der Waals surface area contributed by atoms with E-state index in [4.69, 9.17) is 26.3 Å². The predicted molar refractivity (Wildman–Crippen MR) is 214 cm³/mol. The lowest BCUT2D eigenvalue weighted by atomic mass is 9.81. The zero-order valence-electron chi connectivity index (χ0n) is 32.4. The summed E-state index contributed by atoms with van der Waals surface area (Å²) in [6.07, 6.45) is 12.0. The molecule has 0 spiro atoms. The number of ether oxygens (including phenoxy) is 1. The largest absolute Gasteiger partial charge is 0.381 e. The van der Waals surface area contributed by atoms with Gasteiger partial charge in [-0.05, 0) is 81.4 Å². The summed E-state index contributed by atoms with van der Waals surface area (Å²) in [5.41, 5.74) is 6.74. The summed E-state index contributed by atoms with van der Waals surface area (Å²) in [6, 6.07) is 13.4. The number of nitrogens with zero attached hydrogens (tertiary/aromatic N) is 7. The van der Waals surface area contributed by atoms with E-state index in [9.17, 15) is 14.9 Å². The topological polar surface area (TPSA) is 133 Å². The first-order chi connectivity index (χ1) is 27.2. The molecule has 2 aromatic carbocycles. The van der Waals surface area contributed by atoms with Gasteiger partial charge in [-0.2, -0.15) is 5.26 Å². The fourth-order valence-electron chi connectivity index (χ4n) is 10.3.